The summed E-state index contributed by atoms with van der Waals surface area (Å²) < 4.78 is 11.3. The Labute approximate surface area is 126 Å². The maximum atomic E-state index is 11.8. The second-order valence-corrected chi connectivity index (χ2v) is 6.15. The molecule has 5 nitrogen and oxygen atoms in total. The van der Waals surface area contributed by atoms with Crippen LogP contribution in [0.1, 0.15) is 71.0 Å². The fourth-order valence-corrected chi connectivity index (χ4v) is 2.87. The van der Waals surface area contributed by atoms with Crippen molar-refractivity contribution in [2.45, 2.75) is 71.3 Å². The van der Waals surface area contributed by atoms with E-state index >= 15 is 0 Å². The minimum atomic E-state index is -0.423. The van der Waals surface area contributed by atoms with Crippen LogP contribution in [0.25, 0.3) is 0 Å². The van der Waals surface area contributed by atoms with E-state index in [0.717, 1.165) is 25.7 Å². The SMILES string of the molecule is CCOC1(c2noc(CC(=O)C(C)C)n2)CCCCCC1. The molecule has 0 unspecified atom stereocenters. The Kier molecular flexibility index (Phi) is 5.51. The fraction of sp³-hybridized carbons (Fsp3) is 0.812. The first kappa shape index (κ1) is 16.1. The highest BCUT2D eigenvalue weighted by molar-refractivity contribution is 5.81. The van der Waals surface area contributed by atoms with E-state index in [9.17, 15) is 4.79 Å². The van der Waals surface area contributed by atoms with Crippen molar-refractivity contribution in [2.24, 2.45) is 5.92 Å². The summed E-state index contributed by atoms with van der Waals surface area (Å²) in [5.41, 5.74) is -0.423. The van der Waals surface area contributed by atoms with Crippen LogP contribution < -0.4 is 0 Å². The molecule has 1 fully saturated rings. The average molecular weight is 294 g/mol. The van der Waals surface area contributed by atoms with Gasteiger partial charge in [-0.25, -0.2) is 0 Å². The van der Waals surface area contributed by atoms with Gasteiger partial charge in [0, 0.05) is 12.5 Å². The zero-order chi connectivity index (χ0) is 15.3. The number of Topliss-reactive ketones (excluding diaryl/α,β-unsaturated/α-hetero) is 1. The third-order valence-corrected chi connectivity index (χ3v) is 4.18. The summed E-state index contributed by atoms with van der Waals surface area (Å²) in [5, 5.41) is 4.12. The van der Waals surface area contributed by atoms with Gasteiger partial charge in [-0.2, -0.15) is 4.98 Å². The zero-order valence-corrected chi connectivity index (χ0v) is 13.4. The van der Waals surface area contributed by atoms with Crippen LogP contribution in [0.15, 0.2) is 4.52 Å². The van der Waals surface area contributed by atoms with Gasteiger partial charge in [0.2, 0.25) is 11.7 Å². The summed E-state index contributed by atoms with van der Waals surface area (Å²) in [6, 6.07) is 0. The van der Waals surface area contributed by atoms with Crippen LogP contribution in [-0.2, 0) is 21.6 Å². The number of hydrogen-bond donors (Lipinski definition) is 0. The van der Waals surface area contributed by atoms with Gasteiger partial charge >= 0.3 is 0 Å². The largest absolute Gasteiger partial charge is 0.367 e. The predicted octanol–water partition coefficient (Wildman–Crippen LogP) is 3.42. The molecule has 0 radical (unpaired) electrons. The zero-order valence-electron chi connectivity index (χ0n) is 13.4. The molecule has 0 spiro atoms. The number of aromatic nitrogens is 2. The van der Waals surface area contributed by atoms with Crippen molar-refractivity contribution >= 4 is 5.78 Å². The first-order valence-electron chi connectivity index (χ1n) is 8.07. The lowest BCUT2D eigenvalue weighted by Crippen LogP contribution is -2.31. The molecule has 0 bridgehead atoms. The first-order valence-corrected chi connectivity index (χ1v) is 8.07. The van der Waals surface area contributed by atoms with Crippen LogP contribution in [0, 0.1) is 5.92 Å². The monoisotopic (exact) mass is 294 g/mol. The fourth-order valence-electron chi connectivity index (χ4n) is 2.87. The van der Waals surface area contributed by atoms with Crippen molar-refractivity contribution in [1.29, 1.82) is 0 Å². The maximum Gasteiger partial charge on any atom is 0.234 e. The molecular formula is C16H26N2O3. The Morgan fingerprint density at radius 1 is 1.29 bits per heavy atom. The van der Waals surface area contributed by atoms with Crippen molar-refractivity contribution in [3.63, 3.8) is 0 Å². The normalized spacial score (nSPS) is 18.7. The number of ether oxygens (including phenoxy) is 1. The average Bonchev–Trinajstić information content (AvgIpc) is 2.78. The first-order chi connectivity index (χ1) is 10.1. The molecule has 5 heteroatoms. The molecule has 0 aromatic carbocycles. The second-order valence-electron chi connectivity index (χ2n) is 6.15. The molecule has 1 aliphatic carbocycles. The highest BCUT2D eigenvalue weighted by Gasteiger charge is 2.38. The minimum absolute atomic E-state index is 0.0147. The van der Waals surface area contributed by atoms with E-state index in [1.165, 1.54) is 12.8 Å². The highest BCUT2D eigenvalue weighted by atomic mass is 16.5. The Hall–Kier alpha value is -1.23. The molecule has 1 aliphatic rings. The number of nitrogens with zero attached hydrogens (tertiary/aromatic N) is 2. The number of carbonyl (C=O) groups is 1. The summed E-state index contributed by atoms with van der Waals surface area (Å²) >= 11 is 0. The van der Waals surface area contributed by atoms with Crippen molar-refractivity contribution < 1.29 is 14.1 Å². The van der Waals surface area contributed by atoms with E-state index in [1.807, 2.05) is 20.8 Å². The van der Waals surface area contributed by atoms with E-state index < -0.39 is 5.60 Å². The molecule has 0 N–H and O–H groups in total. The van der Waals surface area contributed by atoms with Gasteiger partial charge in [0.25, 0.3) is 0 Å². The molecule has 2 rings (SSSR count). The van der Waals surface area contributed by atoms with Gasteiger partial charge in [0.05, 0.1) is 6.42 Å². The number of ketones is 1. The highest BCUT2D eigenvalue weighted by Crippen LogP contribution is 2.38. The van der Waals surface area contributed by atoms with Gasteiger partial charge < -0.3 is 9.26 Å². The smallest absolute Gasteiger partial charge is 0.234 e. The third-order valence-electron chi connectivity index (χ3n) is 4.18. The Morgan fingerprint density at radius 3 is 2.52 bits per heavy atom. The molecule has 21 heavy (non-hydrogen) atoms. The standard InChI is InChI=1S/C16H26N2O3/c1-4-20-16(9-7-5-6-8-10-16)15-17-14(21-18-15)11-13(19)12(2)3/h12H,4-11H2,1-3H3. The molecule has 1 aromatic heterocycles. The van der Waals surface area contributed by atoms with E-state index in [-0.39, 0.29) is 18.1 Å². The Balaban J connectivity index is 2.17. The number of carbonyl (C=O) groups excluding carboxylic acids is 1. The summed E-state index contributed by atoms with van der Waals surface area (Å²) in [6.07, 6.45) is 6.77. The predicted molar refractivity (Wildman–Crippen MR) is 78.9 cm³/mol. The van der Waals surface area contributed by atoms with Crippen LogP contribution in [0.4, 0.5) is 0 Å². The van der Waals surface area contributed by atoms with Crippen molar-refractivity contribution in [2.75, 3.05) is 6.61 Å². The van der Waals surface area contributed by atoms with Crippen LogP contribution >= 0.6 is 0 Å². The van der Waals surface area contributed by atoms with E-state index in [2.05, 4.69) is 10.1 Å². The topological polar surface area (TPSA) is 65.2 Å². The second kappa shape index (κ2) is 7.16. The number of hydrogen-bond acceptors (Lipinski definition) is 5. The van der Waals surface area contributed by atoms with Gasteiger partial charge in [-0.05, 0) is 19.8 Å². The van der Waals surface area contributed by atoms with Crippen LogP contribution in [-0.4, -0.2) is 22.5 Å². The van der Waals surface area contributed by atoms with Gasteiger partial charge in [-0.3, -0.25) is 4.79 Å². The quantitative estimate of drug-likeness (QED) is 0.752. The van der Waals surface area contributed by atoms with Crippen molar-refractivity contribution in [3.05, 3.63) is 11.7 Å². The summed E-state index contributed by atoms with van der Waals surface area (Å²) in [7, 11) is 0. The molecule has 1 aromatic rings. The van der Waals surface area contributed by atoms with Crippen LogP contribution in [0.2, 0.25) is 0 Å². The van der Waals surface area contributed by atoms with E-state index in [0.29, 0.717) is 18.3 Å². The van der Waals surface area contributed by atoms with Gasteiger partial charge in [0.15, 0.2) is 0 Å². The molecule has 1 heterocycles. The Morgan fingerprint density at radius 2 is 1.95 bits per heavy atom. The summed E-state index contributed by atoms with van der Waals surface area (Å²) in [6.45, 7) is 6.39. The van der Waals surface area contributed by atoms with Gasteiger partial charge in [0.1, 0.15) is 11.4 Å². The summed E-state index contributed by atoms with van der Waals surface area (Å²) in [4.78, 5) is 16.3. The van der Waals surface area contributed by atoms with E-state index in [1.54, 1.807) is 0 Å². The van der Waals surface area contributed by atoms with Crippen LogP contribution in [0.3, 0.4) is 0 Å². The molecule has 0 amide bonds. The molecule has 118 valence electrons. The molecule has 0 atom stereocenters. The molecular weight excluding hydrogens is 268 g/mol. The molecule has 0 aliphatic heterocycles. The lowest BCUT2D eigenvalue weighted by atomic mass is 9.93. The lowest BCUT2D eigenvalue weighted by Gasteiger charge is -2.29. The summed E-state index contributed by atoms with van der Waals surface area (Å²) in [5.74, 6) is 1.14. The Bertz CT molecular complexity index is 460. The van der Waals surface area contributed by atoms with Gasteiger partial charge in [-0.1, -0.05) is 44.7 Å². The lowest BCUT2D eigenvalue weighted by molar-refractivity contribution is -0.121. The number of rotatable bonds is 6. The van der Waals surface area contributed by atoms with Gasteiger partial charge in [-0.15, -0.1) is 0 Å². The maximum absolute atomic E-state index is 11.8. The van der Waals surface area contributed by atoms with Crippen LogP contribution in [0.5, 0.6) is 0 Å². The molecule has 1 saturated carbocycles. The minimum Gasteiger partial charge on any atom is -0.367 e. The van der Waals surface area contributed by atoms with Crippen molar-refractivity contribution in [1.82, 2.24) is 10.1 Å². The van der Waals surface area contributed by atoms with E-state index in [4.69, 9.17) is 9.26 Å². The van der Waals surface area contributed by atoms with Crippen molar-refractivity contribution in [3.8, 4) is 0 Å². The third kappa shape index (κ3) is 3.90. The molecule has 0 saturated heterocycles.